The lowest BCUT2D eigenvalue weighted by Gasteiger charge is -2.29. The Morgan fingerprint density at radius 3 is 2.67 bits per heavy atom. The summed E-state index contributed by atoms with van der Waals surface area (Å²) in [5.41, 5.74) is 5.04. The number of thioether (sulfide) groups is 1. The van der Waals surface area contributed by atoms with Crippen LogP contribution in [-0.4, -0.2) is 50.1 Å². The zero-order valence-electron chi connectivity index (χ0n) is 18.7. The highest BCUT2D eigenvalue weighted by atomic mass is 32.2. The van der Waals surface area contributed by atoms with Crippen molar-refractivity contribution < 1.29 is 9.18 Å². The number of alkyl halides is 1. The molecular weight excluding hydrogens is 437 g/mol. The Morgan fingerprint density at radius 2 is 1.88 bits per heavy atom. The highest BCUT2D eigenvalue weighted by Gasteiger charge is 2.37. The fourth-order valence-electron chi connectivity index (χ4n) is 4.65. The Balaban J connectivity index is 1.72. The van der Waals surface area contributed by atoms with Crippen LogP contribution in [0.25, 0.3) is 22.2 Å². The third kappa shape index (κ3) is 3.72. The van der Waals surface area contributed by atoms with Gasteiger partial charge in [0, 0.05) is 40.0 Å². The number of carbonyl (C=O) groups is 1. The van der Waals surface area contributed by atoms with Crippen LogP contribution >= 0.6 is 11.8 Å². The second-order valence-electron chi connectivity index (χ2n) is 8.03. The normalized spacial score (nSPS) is 14.8. The SMILES string of the molecule is CCN(CC)C(=O)C1Sc2ccccc2-c2c1c1ccccc1n2Cc1cn(CCF)nn1. The van der Waals surface area contributed by atoms with Gasteiger partial charge in [0.25, 0.3) is 0 Å². The Kier molecular flexibility index (Phi) is 5.93. The van der Waals surface area contributed by atoms with E-state index < -0.39 is 6.67 Å². The lowest BCUT2D eigenvalue weighted by atomic mass is 10.0. The quantitative estimate of drug-likeness (QED) is 0.390. The van der Waals surface area contributed by atoms with Gasteiger partial charge in [-0.25, -0.2) is 9.07 Å². The maximum Gasteiger partial charge on any atom is 0.240 e. The molecule has 0 aliphatic carbocycles. The first-order valence-electron chi connectivity index (χ1n) is 11.3. The highest BCUT2D eigenvalue weighted by Crippen LogP contribution is 2.53. The summed E-state index contributed by atoms with van der Waals surface area (Å²) in [6, 6.07) is 16.5. The first-order valence-corrected chi connectivity index (χ1v) is 12.1. The zero-order valence-corrected chi connectivity index (χ0v) is 19.6. The molecule has 0 bridgehead atoms. The van der Waals surface area contributed by atoms with E-state index >= 15 is 0 Å². The monoisotopic (exact) mass is 463 g/mol. The number of amides is 1. The average Bonchev–Trinajstić information content (AvgIpc) is 3.42. The summed E-state index contributed by atoms with van der Waals surface area (Å²) in [6.45, 7) is 5.61. The molecule has 0 fully saturated rings. The molecule has 0 saturated heterocycles. The van der Waals surface area contributed by atoms with Crippen LogP contribution in [0.1, 0.15) is 30.4 Å². The first kappa shape index (κ1) is 21.7. The maximum atomic E-state index is 13.7. The number of nitrogens with zero attached hydrogens (tertiary/aromatic N) is 5. The van der Waals surface area contributed by atoms with E-state index in [0.29, 0.717) is 19.6 Å². The molecule has 33 heavy (non-hydrogen) atoms. The molecule has 0 saturated carbocycles. The molecule has 1 aliphatic rings. The number of para-hydroxylation sites is 1. The molecule has 1 atom stereocenters. The molecular formula is C25H26FN5OS. The summed E-state index contributed by atoms with van der Waals surface area (Å²) in [5.74, 6) is 0.137. The van der Waals surface area contributed by atoms with Crippen molar-refractivity contribution in [3.05, 3.63) is 66.0 Å². The van der Waals surface area contributed by atoms with E-state index in [9.17, 15) is 9.18 Å². The fraction of sp³-hybridized carbons (Fsp3) is 0.320. The number of aromatic nitrogens is 4. The van der Waals surface area contributed by atoms with E-state index in [1.165, 1.54) is 4.68 Å². The summed E-state index contributed by atoms with van der Waals surface area (Å²) >= 11 is 1.63. The van der Waals surface area contributed by atoms with Gasteiger partial charge in [-0.2, -0.15) is 0 Å². The van der Waals surface area contributed by atoms with E-state index in [0.717, 1.165) is 38.3 Å². The van der Waals surface area contributed by atoms with E-state index in [2.05, 4.69) is 39.1 Å². The van der Waals surface area contributed by atoms with E-state index in [4.69, 9.17) is 0 Å². The number of hydrogen-bond donors (Lipinski definition) is 0. The molecule has 170 valence electrons. The predicted molar refractivity (Wildman–Crippen MR) is 129 cm³/mol. The number of carbonyl (C=O) groups excluding carboxylic acids is 1. The number of aryl methyl sites for hydroxylation is 1. The second kappa shape index (κ2) is 9.02. The number of rotatable bonds is 7. The van der Waals surface area contributed by atoms with Gasteiger partial charge in [-0.05, 0) is 26.0 Å². The molecule has 4 aromatic rings. The number of fused-ring (bicyclic) bond motifs is 5. The summed E-state index contributed by atoms with van der Waals surface area (Å²) in [4.78, 5) is 16.7. The molecule has 1 aliphatic heterocycles. The van der Waals surface area contributed by atoms with E-state index in [1.807, 2.05) is 43.0 Å². The summed E-state index contributed by atoms with van der Waals surface area (Å²) in [6.07, 6.45) is 1.79. The predicted octanol–water partition coefficient (Wildman–Crippen LogP) is 4.93. The van der Waals surface area contributed by atoms with Gasteiger partial charge >= 0.3 is 0 Å². The maximum absolute atomic E-state index is 13.7. The molecule has 0 spiro atoms. The molecule has 2 aromatic carbocycles. The van der Waals surface area contributed by atoms with E-state index in [1.54, 1.807) is 18.0 Å². The summed E-state index contributed by atoms with van der Waals surface area (Å²) < 4.78 is 16.5. The number of benzene rings is 2. The minimum atomic E-state index is -0.482. The molecule has 3 heterocycles. The van der Waals surface area contributed by atoms with Crippen LogP contribution in [0.15, 0.2) is 59.6 Å². The molecule has 5 rings (SSSR count). The standard InChI is InChI=1S/C25H26FN5OS/c1-3-29(4-2)25(32)24-22-18-9-5-7-11-20(18)31(16-17-15-30(14-13-26)28-27-17)23(22)19-10-6-8-12-21(19)33-24/h5-12,15,24H,3-4,13-14,16H2,1-2H3. The molecule has 1 unspecified atom stereocenters. The van der Waals surface area contributed by atoms with Gasteiger partial charge in [-0.15, -0.1) is 16.9 Å². The molecule has 1 amide bonds. The van der Waals surface area contributed by atoms with Crippen LogP contribution in [0, 0.1) is 0 Å². The van der Waals surface area contributed by atoms with Crippen molar-refractivity contribution >= 4 is 28.6 Å². The Bertz CT molecular complexity index is 1310. The molecule has 0 N–H and O–H groups in total. The largest absolute Gasteiger partial charge is 0.342 e. The van der Waals surface area contributed by atoms with Gasteiger partial charge < -0.3 is 9.47 Å². The van der Waals surface area contributed by atoms with Crippen LogP contribution in [0.3, 0.4) is 0 Å². The Hall–Kier alpha value is -3.13. The molecule has 8 heteroatoms. The van der Waals surface area contributed by atoms with Crippen molar-refractivity contribution in [1.29, 1.82) is 0 Å². The van der Waals surface area contributed by atoms with Gasteiger partial charge in [0.05, 0.1) is 25.0 Å². The average molecular weight is 464 g/mol. The third-order valence-corrected chi connectivity index (χ3v) is 7.46. The molecule has 0 radical (unpaired) electrons. The van der Waals surface area contributed by atoms with Crippen LogP contribution < -0.4 is 0 Å². The second-order valence-corrected chi connectivity index (χ2v) is 9.18. The fourth-order valence-corrected chi connectivity index (χ4v) is 5.95. The molecule has 6 nitrogen and oxygen atoms in total. The van der Waals surface area contributed by atoms with Crippen LogP contribution in [0.2, 0.25) is 0 Å². The van der Waals surface area contributed by atoms with Gasteiger partial charge in [-0.1, -0.05) is 41.6 Å². The van der Waals surface area contributed by atoms with Crippen LogP contribution in [0.4, 0.5) is 4.39 Å². The first-order chi connectivity index (χ1) is 16.2. The smallest absolute Gasteiger partial charge is 0.240 e. The van der Waals surface area contributed by atoms with Crippen molar-refractivity contribution in [2.75, 3.05) is 19.8 Å². The molecule has 2 aromatic heterocycles. The lowest BCUT2D eigenvalue weighted by Crippen LogP contribution is -2.34. The minimum Gasteiger partial charge on any atom is -0.342 e. The van der Waals surface area contributed by atoms with Gasteiger partial charge in [0.1, 0.15) is 17.6 Å². The minimum absolute atomic E-state index is 0.137. The number of halogens is 1. The summed E-state index contributed by atoms with van der Waals surface area (Å²) in [7, 11) is 0. The van der Waals surface area contributed by atoms with Crippen molar-refractivity contribution in [2.24, 2.45) is 0 Å². The van der Waals surface area contributed by atoms with E-state index in [-0.39, 0.29) is 17.7 Å². The van der Waals surface area contributed by atoms with Crippen LogP contribution in [-0.2, 0) is 17.9 Å². The van der Waals surface area contributed by atoms with Gasteiger partial charge in [0.2, 0.25) is 5.91 Å². The van der Waals surface area contributed by atoms with Gasteiger partial charge in [0.15, 0.2) is 0 Å². The van der Waals surface area contributed by atoms with Crippen LogP contribution in [0.5, 0.6) is 0 Å². The lowest BCUT2D eigenvalue weighted by molar-refractivity contribution is -0.130. The topological polar surface area (TPSA) is 56.0 Å². The zero-order chi connectivity index (χ0) is 22.9. The van der Waals surface area contributed by atoms with Crippen molar-refractivity contribution in [3.63, 3.8) is 0 Å². The number of likely N-dealkylation sites (N-methyl/N-ethyl adjacent to an activating group) is 1. The van der Waals surface area contributed by atoms with Crippen molar-refractivity contribution in [2.45, 2.75) is 37.1 Å². The van der Waals surface area contributed by atoms with Gasteiger partial charge in [-0.3, -0.25) is 4.79 Å². The highest BCUT2D eigenvalue weighted by molar-refractivity contribution is 8.00. The Morgan fingerprint density at radius 1 is 1.12 bits per heavy atom. The van der Waals surface area contributed by atoms with Crippen molar-refractivity contribution in [3.8, 4) is 11.3 Å². The van der Waals surface area contributed by atoms with Crippen molar-refractivity contribution in [1.82, 2.24) is 24.5 Å². The number of hydrogen-bond acceptors (Lipinski definition) is 4. The third-order valence-electron chi connectivity index (χ3n) is 6.18. The Labute approximate surface area is 196 Å². The summed E-state index contributed by atoms with van der Waals surface area (Å²) in [5, 5.41) is 9.10.